The van der Waals surface area contributed by atoms with Crippen LogP contribution in [-0.4, -0.2) is 143 Å². The van der Waals surface area contributed by atoms with Crippen LogP contribution in [0.2, 0.25) is 0 Å². The van der Waals surface area contributed by atoms with Gasteiger partial charge < -0.3 is 52.3 Å². The highest BCUT2D eigenvalue weighted by atomic mass is 16.2. The van der Waals surface area contributed by atoms with Gasteiger partial charge in [-0.1, -0.05) is 88.4 Å². The van der Waals surface area contributed by atoms with Crippen LogP contribution in [-0.2, 0) is 28.8 Å². The van der Waals surface area contributed by atoms with E-state index in [4.69, 9.17) is 0 Å². The van der Waals surface area contributed by atoms with E-state index in [1.165, 1.54) is 15.9 Å². The zero-order chi connectivity index (χ0) is 50.7. The molecule has 10 atom stereocenters. The van der Waals surface area contributed by atoms with Crippen molar-refractivity contribution in [2.45, 2.75) is 129 Å². The van der Waals surface area contributed by atoms with Gasteiger partial charge in [0.05, 0.1) is 24.2 Å². The number of nitrogens with zero attached hydrogens (tertiary/aromatic N) is 3. The van der Waals surface area contributed by atoms with E-state index < -0.39 is 95.9 Å². The Kier molecular flexibility index (Phi) is 18.6. The van der Waals surface area contributed by atoms with Gasteiger partial charge in [-0.3, -0.25) is 43.5 Å². The number of nitrogens with one attached hydrogen (secondary N) is 9. The lowest BCUT2D eigenvalue weighted by Crippen LogP contribution is -2.57. The third-order valence-corrected chi connectivity index (χ3v) is 12.9. The molecule has 0 radical (unpaired) electrons. The standard InChI is InChI=1S/C49H70N12O8/c1-26(2)40(56-42(62)30(7)50-9)48(68)60-24-34(21-38(60)46(66)52-28(5)32-17-13-11-14-18-32)54-44(64)36-23-37(59-58-36)45(65)55-35-22-39(47(67)53-29(6)33-19-15-12-16-20-33)61(25-35)49(69)41(27(3)4)57-43(63)31(8)51-10/h11-20,23,26-31,34-35,38-41,50-51H,21-22,24-25H2,1-10H3,(H,52,66)(H,53,67)(H,54,64)(H,55,65)(H,56,62)(H,57,63)(H,58,59)/t28-,29-,30+,31+,34+,35+,38+,39+,40+,41+/m1/s1. The monoisotopic (exact) mass is 955 g/mol. The van der Waals surface area contributed by atoms with Gasteiger partial charge >= 0.3 is 0 Å². The van der Waals surface area contributed by atoms with Crippen LogP contribution in [0.15, 0.2) is 66.7 Å². The minimum Gasteiger partial charge on any atom is -0.348 e. The first kappa shape index (κ1) is 53.3. The summed E-state index contributed by atoms with van der Waals surface area (Å²) < 4.78 is 0. The number of likely N-dealkylation sites (N-methyl/N-ethyl adjacent to an activating group) is 2. The van der Waals surface area contributed by atoms with Crippen molar-refractivity contribution in [2.24, 2.45) is 11.8 Å². The molecule has 374 valence electrons. The number of carbonyl (C=O) groups is 8. The number of hydrogen-bond acceptors (Lipinski definition) is 11. The summed E-state index contributed by atoms with van der Waals surface area (Å²) in [6, 6.07) is 12.6. The minimum atomic E-state index is -0.997. The van der Waals surface area contributed by atoms with Crippen molar-refractivity contribution in [3.05, 3.63) is 89.2 Å². The molecule has 1 aromatic heterocycles. The van der Waals surface area contributed by atoms with E-state index in [-0.39, 0.29) is 61.0 Å². The van der Waals surface area contributed by atoms with Crippen LogP contribution in [0, 0.1) is 11.8 Å². The second-order valence-electron chi connectivity index (χ2n) is 18.8. The SMILES string of the molecule is CN[C@@H](C)C(=O)N[C@H](C(=O)N1C[C@@H](NC(=O)c2cc(C(=O)N[C@H]3C[C@@H](C(=O)N[C@H](C)c4ccccc4)N(C(=O)[C@@H](NC(=O)[C@H](C)NC)C(C)C)C3)[nH]n2)C[C@H]1C(=O)N[C@H](C)c1ccccc1)C(C)C. The van der Waals surface area contributed by atoms with E-state index in [1.807, 2.05) is 74.5 Å². The van der Waals surface area contributed by atoms with Gasteiger partial charge in [-0.05, 0) is 77.6 Å². The van der Waals surface area contributed by atoms with E-state index in [2.05, 4.69) is 52.7 Å². The molecule has 2 saturated heterocycles. The van der Waals surface area contributed by atoms with Gasteiger partial charge in [0.1, 0.15) is 29.9 Å². The number of likely N-dealkylation sites (tertiary alicyclic amines) is 2. The highest BCUT2D eigenvalue weighted by Crippen LogP contribution is 2.25. The van der Waals surface area contributed by atoms with Crippen molar-refractivity contribution >= 4 is 47.3 Å². The van der Waals surface area contributed by atoms with Crippen LogP contribution in [0.3, 0.4) is 0 Å². The van der Waals surface area contributed by atoms with Gasteiger partial charge in [0.25, 0.3) is 11.8 Å². The number of carbonyl (C=O) groups excluding carboxylic acids is 8. The van der Waals surface area contributed by atoms with E-state index in [0.29, 0.717) is 0 Å². The average molecular weight is 955 g/mol. The lowest BCUT2D eigenvalue weighted by atomic mass is 10.0. The Labute approximate surface area is 404 Å². The Hall–Kier alpha value is -6.67. The molecule has 69 heavy (non-hydrogen) atoms. The summed E-state index contributed by atoms with van der Waals surface area (Å²) in [5, 5.41) is 29.8. The van der Waals surface area contributed by atoms with Crippen LogP contribution in [0.25, 0.3) is 0 Å². The molecule has 2 fully saturated rings. The maximum atomic E-state index is 14.3. The zero-order valence-electron chi connectivity index (χ0n) is 41.2. The Balaban J connectivity index is 1.30. The molecule has 2 aromatic carbocycles. The largest absolute Gasteiger partial charge is 0.348 e. The van der Waals surface area contributed by atoms with Crippen molar-refractivity contribution in [1.82, 2.24) is 62.5 Å². The van der Waals surface area contributed by atoms with Gasteiger partial charge in [-0.15, -0.1) is 0 Å². The highest BCUT2D eigenvalue weighted by molar-refractivity contribution is 5.99. The maximum absolute atomic E-state index is 14.3. The lowest BCUT2D eigenvalue weighted by molar-refractivity contribution is -0.142. The Morgan fingerprint density at radius 3 is 1.33 bits per heavy atom. The van der Waals surface area contributed by atoms with Gasteiger partial charge in [-0.25, -0.2) is 0 Å². The molecule has 2 aliphatic rings. The van der Waals surface area contributed by atoms with Crippen LogP contribution in [0.5, 0.6) is 0 Å². The molecule has 3 heterocycles. The molecule has 9 N–H and O–H groups in total. The topological polar surface area (TPSA) is 268 Å². The molecule has 8 amide bonds. The average Bonchev–Trinajstić information content (AvgIpc) is 4.11. The molecular formula is C49H70N12O8. The summed E-state index contributed by atoms with van der Waals surface area (Å²) in [7, 11) is 3.26. The Morgan fingerprint density at radius 1 is 0.565 bits per heavy atom. The Morgan fingerprint density at radius 2 is 0.957 bits per heavy atom. The lowest BCUT2D eigenvalue weighted by Gasteiger charge is -2.31. The van der Waals surface area contributed by atoms with Gasteiger partial charge in [0.2, 0.25) is 35.4 Å². The molecule has 0 saturated carbocycles. The molecule has 2 aliphatic heterocycles. The quantitative estimate of drug-likeness (QED) is 0.0773. The first-order chi connectivity index (χ1) is 32.7. The van der Waals surface area contributed by atoms with Crippen molar-refractivity contribution in [2.75, 3.05) is 27.2 Å². The molecule has 5 rings (SSSR count). The number of benzene rings is 2. The second-order valence-corrected chi connectivity index (χ2v) is 18.8. The number of aromatic amines is 1. The van der Waals surface area contributed by atoms with E-state index >= 15 is 0 Å². The normalized spacial score (nSPS) is 20.5. The van der Waals surface area contributed by atoms with Crippen molar-refractivity contribution in [3.8, 4) is 0 Å². The first-order valence-electron chi connectivity index (χ1n) is 23.7. The molecule has 0 aliphatic carbocycles. The van der Waals surface area contributed by atoms with Crippen molar-refractivity contribution < 1.29 is 38.4 Å². The van der Waals surface area contributed by atoms with E-state index in [9.17, 15) is 38.4 Å². The van der Waals surface area contributed by atoms with E-state index in [1.54, 1.807) is 55.6 Å². The minimum absolute atomic E-state index is 0.0455. The number of hydrogen-bond donors (Lipinski definition) is 9. The zero-order valence-corrected chi connectivity index (χ0v) is 41.2. The van der Waals surface area contributed by atoms with Gasteiger partial charge in [-0.2, -0.15) is 5.10 Å². The summed E-state index contributed by atoms with van der Waals surface area (Å²) in [5.74, 6) is -4.58. The predicted molar refractivity (Wildman–Crippen MR) is 258 cm³/mol. The number of amides is 8. The highest BCUT2D eigenvalue weighted by Gasteiger charge is 2.45. The third-order valence-electron chi connectivity index (χ3n) is 12.9. The van der Waals surface area contributed by atoms with Gasteiger partial charge in [0, 0.05) is 31.2 Å². The summed E-state index contributed by atoms with van der Waals surface area (Å²) in [5.41, 5.74) is 1.50. The van der Waals surface area contributed by atoms with Crippen LogP contribution in [0.1, 0.15) is 112 Å². The van der Waals surface area contributed by atoms with Crippen LogP contribution < -0.4 is 42.5 Å². The Bertz CT molecular complexity index is 2140. The molecule has 20 nitrogen and oxygen atoms in total. The predicted octanol–water partition coefficient (Wildman–Crippen LogP) is 1.06. The van der Waals surface area contributed by atoms with Crippen molar-refractivity contribution in [3.63, 3.8) is 0 Å². The molecule has 20 heteroatoms. The summed E-state index contributed by atoms with van der Waals surface area (Å²) in [6.07, 6.45) is 0.115. The summed E-state index contributed by atoms with van der Waals surface area (Å²) in [6.45, 7) is 14.1. The smallest absolute Gasteiger partial charge is 0.272 e. The van der Waals surface area contributed by atoms with Crippen LogP contribution in [0.4, 0.5) is 0 Å². The van der Waals surface area contributed by atoms with Gasteiger partial charge in [0.15, 0.2) is 5.69 Å². The third kappa shape index (κ3) is 13.5. The molecular weight excluding hydrogens is 885 g/mol. The molecule has 3 aromatic rings. The molecule has 0 spiro atoms. The first-order valence-corrected chi connectivity index (χ1v) is 23.7. The maximum Gasteiger partial charge on any atom is 0.272 e. The summed E-state index contributed by atoms with van der Waals surface area (Å²) >= 11 is 0. The fraction of sp³-hybridized carbons (Fsp3) is 0.531. The molecule has 0 bridgehead atoms. The molecule has 0 unspecified atom stereocenters. The fourth-order valence-electron chi connectivity index (χ4n) is 8.41. The van der Waals surface area contributed by atoms with Crippen LogP contribution >= 0.6 is 0 Å². The number of rotatable bonds is 20. The summed E-state index contributed by atoms with van der Waals surface area (Å²) in [4.78, 5) is 113. The van der Waals surface area contributed by atoms with Crippen molar-refractivity contribution in [1.29, 1.82) is 0 Å². The second kappa shape index (κ2) is 24.1. The number of aromatic nitrogens is 2. The fourth-order valence-corrected chi connectivity index (χ4v) is 8.41. The number of H-pyrrole nitrogens is 1. The van der Waals surface area contributed by atoms with E-state index in [0.717, 1.165) is 11.1 Å².